The Kier molecular flexibility index (Phi) is 4.46. The lowest BCUT2D eigenvalue weighted by Gasteiger charge is -2.32. The Morgan fingerprint density at radius 1 is 1.17 bits per heavy atom. The van der Waals surface area contributed by atoms with Gasteiger partial charge in [0.2, 0.25) is 0 Å². The van der Waals surface area contributed by atoms with E-state index in [0.717, 1.165) is 25.6 Å². The van der Waals surface area contributed by atoms with Crippen molar-refractivity contribution < 1.29 is 17.9 Å². The summed E-state index contributed by atoms with van der Waals surface area (Å²) in [6.07, 6.45) is -3.59. The maximum absolute atomic E-state index is 13.3. The molecule has 3 rings (SSSR count). The Morgan fingerprint density at radius 3 is 2.57 bits per heavy atom. The number of benzene rings is 1. The van der Waals surface area contributed by atoms with Crippen molar-refractivity contribution in [1.29, 1.82) is 5.26 Å². The Bertz CT molecular complexity index is 606. The summed E-state index contributed by atoms with van der Waals surface area (Å²) in [7, 11) is 0. The molecule has 0 radical (unpaired) electrons. The zero-order chi connectivity index (χ0) is 16.4. The molecule has 0 N–H and O–H groups in total. The van der Waals surface area contributed by atoms with Crippen LogP contribution < -0.4 is 4.90 Å². The second-order valence-corrected chi connectivity index (χ2v) is 5.88. The van der Waals surface area contributed by atoms with Crippen LogP contribution in [0.15, 0.2) is 18.2 Å². The molecular formula is C16H18F3N3O. The molecule has 0 aliphatic carbocycles. The van der Waals surface area contributed by atoms with Crippen LogP contribution in [0, 0.1) is 11.3 Å². The smallest absolute Gasteiger partial charge is 0.379 e. The molecule has 2 aliphatic rings. The van der Waals surface area contributed by atoms with E-state index in [1.165, 1.54) is 12.1 Å². The molecule has 0 bridgehead atoms. The minimum absolute atomic E-state index is 0.118. The highest BCUT2D eigenvalue weighted by Crippen LogP contribution is 2.38. The summed E-state index contributed by atoms with van der Waals surface area (Å²) in [5, 5.41) is 8.98. The topological polar surface area (TPSA) is 39.5 Å². The molecule has 0 spiro atoms. The van der Waals surface area contributed by atoms with Crippen LogP contribution in [0.2, 0.25) is 0 Å². The van der Waals surface area contributed by atoms with Crippen LogP contribution in [0.3, 0.4) is 0 Å². The fourth-order valence-corrected chi connectivity index (χ4v) is 3.30. The molecule has 2 aliphatic heterocycles. The van der Waals surface area contributed by atoms with Gasteiger partial charge < -0.3 is 9.64 Å². The van der Waals surface area contributed by atoms with E-state index >= 15 is 0 Å². The first-order valence-electron chi connectivity index (χ1n) is 7.67. The van der Waals surface area contributed by atoms with Crippen molar-refractivity contribution in [1.82, 2.24) is 4.90 Å². The molecule has 0 saturated carbocycles. The van der Waals surface area contributed by atoms with Crippen molar-refractivity contribution in [3.63, 3.8) is 0 Å². The van der Waals surface area contributed by atoms with Gasteiger partial charge in [0, 0.05) is 32.2 Å². The molecule has 1 unspecified atom stereocenters. The van der Waals surface area contributed by atoms with Gasteiger partial charge in [0.15, 0.2) is 0 Å². The van der Waals surface area contributed by atoms with Crippen LogP contribution in [0.5, 0.6) is 0 Å². The van der Waals surface area contributed by atoms with E-state index < -0.39 is 11.7 Å². The fourth-order valence-electron chi connectivity index (χ4n) is 3.30. The largest absolute Gasteiger partial charge is 0.418 e. The number of ether oxygens (including phenoxy) is 1. The standard InChI is InChI=1S/C16H18F3N3O/c17-16(18,19)14-2-1-12(10-20)9-15(14)22-4-3-13(11-22)21-5-7-23-8-6-21/h1-2,9,13H,3-8,11H2. The van der Waals surface area contributed by atoms with Crippen LogP contribution >= 0.6 is 0 Å². The van der Waals surface area contributed by atoms with Crippen molar-refractivity contribution in [3.05, 3.63) is 29.3 Å². The van der Waals surface area contributed by atoms with Gasteiger partial charge >= 0.3 is 6.18 Å². The number of nitriles is 1. The lowest BCUT2D eigenvalue weighted by molar-refractivity contribution is -0.137. The third-order valence-corrected chi connectivity index (χ3v) is 4.50. The molecule has 1 atom stereocenters. The van der Waals surface area contributed by atoms with Gasteiger partial charge in [-0.3, -0.25) is 4.90 Å². The van der Waals surface area contributed by atoms with Gasteiger partial charge in [-0.05, 0) is 24.6 Å². The molecular weight excluding hydrogens is 307 g/mol. The van der Waals surface area contributed by atoms with Crippen molar-refractivity contribution in [2.24, 2.45) is 0 Å². The number of hydrogen-bond acceptors (Lipinski definition) is 4. The molecule has 2 heterocycles. The van der Waals surface area contributed by atoms with E-state index in [-0.39, 0.29) is 17.3 Å². The highest BCUT2D eigenvalue weighted by atomic mass is 19.4. The summed E-state index contributed by atoms with van der Waals surface area (Å²) in [4.78, 5) is 4.04. The average molecular weight is 325 g/mol. The molecule has 2 saturated heterocycles. The summed E-state index contributed by atoms with van der Waals surface area (Å²) in [6.45, 7) is 4.12. The first-order valence-corrected chi connectivity index (χ1v) is 7.67. The minimum Gasteiger partial charge on any atom is -0.379 e. The van der Waals surface area contributed by atoms with Gasteiger partial charge in [-0.1, -0.05) is 0 Å². The van der Waals surface area contributed by atoms with Crippen molar-refractivity contribution >= 4 is 5.69 Å². The molecule has 7 heteroatoms. The van der Waals surface area contributed by atoms with Gasteiger partial charge in [0.1, 0.15) is 0 Å². The SMILES string of the molecule is N#Cc1ccc(C(F)(F)F)c(N2CCC(N3CCOCC3)C2)c1. The fraction of sp³-hybridized carbons (Fsp3) is 0.562. The number of nitrogens with zero attached hydrogens (tertiary/aromatic N) is 3. The normalized spacial score (nSPS) is 23.0. The summed E-state index contributed by atoms with van der Waals surface area (Å²) < 4.78 is 45.1. The third kappa shape index (κ3) is 3.43. The van der Waals surface area contributed by atoms with Gasteiger partial charge in [0.25, 0.3) is 0 Å². The number of alkyl halides is 3. The quantitative estimate of drug-likeness (QED) is 0.837. The van der Waals surface area contributed by atoms with Crippen molar-refractivity contribution in [3.8, 4) is 6.07 Å². The lowest BCUT2D eigenvalue weighted by Crippen LogP contribution is -2.44. The highest BCUT2D eigenvalue weighted by Gasteiger charge is 2.37. The summed E-state index contributed by atoms with van der Waals surface area (Å²) >= 11 is 0. The van der Waals surface area contributed by atoms with Crippen LogP contribution in [0.1, 0.15) is 17.5 Å². The van der Waals surface area contributed by atoms with E-state index in [0.29, 0.717) is 26.3 Å². The summed E-state index contributed by atoms with van der Waals surface area (Å²) in [5.41, 5.74) is -0.297. The Hall–Kier alpha value is -1.78. The van der Waals surface area contributed by atoms with Crippen LogP contribution in [0.4, 0.5) is 18.9 Å². The number of morpholine rings is 1. The van der Waals surface area contributed by atoms with E-state index in [1.807, 2.05) is 6.07 Å². The molecule has 1 aromatic rings. The Balaban J connectivity index is 1.82. The first kappa shape index (κ1) is 16.1. The van der Waals surface area contributed by atoms with Crippen molar-refractivity contribution in [2.75, 3.05) is 44.3 Å². The third-order valence-electron chi connectivity index (χ3n) is 4.50. The minimum atomic E-state index is -4.42. The summed E-state index contributed by atoms with van der Waals surface area (Å²) in [5.74, 6) is 0. The van der Waals surface area contributed by atoms with Gasteiger partial charge in [0.05, 0.1) is 36.1 Å². The molecule has 0 aromatic heterocycles. The van der Waals surface area contributed by atoms with Gasteiger partial charge in [-0.2, -0.15) is 18.4 Å². The van der Waals surface area contributed by atoms with Crippen LogP contribution in [-0.4, -0.2) is 50.3 Å². The monoisotopic (exact) mass is 325 g/mol. The maximum Gasteiger partial charge on any atom is 0.418 e. The molecule has 23 heavy (non-hydrogen) atoms. The van der Waals surface area contributed by atoms with E-state index in [2.05, 4.69) is 4.90 Å². The van der Waals surface area contributed by atoms with Crippen molar-refractivity contribution in [2.45, 2.75) is 18.6 Å². The zero-order valence-corrected chi connectivity index (χ0v) is 12.6. The molecule has 0 amide bonds. The summed E-state index contributed by atoms with van der Waals surface area (Å²) in [6, 6.07) is 5.75. The highest BCUT2D eigenvalue weighted by molar-refractivity contribution is 5.59. The Morgan fingerprint density at radius 2 is 1.91 bits per heavy atom. The number of hydrogen-bond donors (Lipinski definition) is 0. The lowest BCUT2D eigenvalue weighted by atomic mass is 10.1. The molecule has 1 aromatic carbocycles. The predicted octanol–water partition coefficient (Wildman–Crippen LogP) is 2.49. The van der Waals surface area contributed by atoms with Gasteiger partial charge in [-0.15, -0.1) is 0 Å². The van der Waals surface area contributed by atoms with E-state index in [9.17, 15) is 13.2 Å². The van der Waals surface area contributed by atoms with Crippen LogP contribution in [0.25, 0.3) is 0 Å². The first-order chi connectivity index (χ1) is 11.0. The van der Waals surface area contributed by atoms with E-state index in [4.69, 9.17) is 10.00 Å². The average Bonchev–Trinajstić information content (AvgIpc) is 3.04. The number of halogens is 3. The van der Waals surface area contributed by atoms with Gasteiger partial charge in [-0.25, -0.2) is 0 Å². The maximum atomic E-state index is 13.3. The van der Waals surface area contributed by atoms with E-state index in [1.54, 1.807) is 4.90 Å². The molecule has 2 fully saturated rings. The second kappa shape index (κ2) is 6.38. The second-order valence-electron chi connectivity index (χ2n) is 5.88. The molecule has 4 nitrogen and oxygen atoms in total. The Labute approximate surface area is 133 Å². The predicted molar refractivity (Wildman–Crippen MR) is 79.2 cm³/mol. The number of anilines is 1. The molecule has 124 valence electrons. The van der Waals surface area contributed by atoms with Crippen LogP contribution in [-0.2, 0) is 10.9 Å². The number of rotatable bonds is 2. The zero-order valence-electron chi connectivity index (χ0n) is 12.6.